The Morgan fingerprint density at radius 1 is 1.19 bits per heavy atom. The molecule has 0 atom stereocenters. The quantitative estimate of drug-likeness (QED) is 0.791. The van der Waals surface area contributed by atoms with Crippen LogP contribution in [0.1, 0.15) is 10.4 Å². The highest BCUT2D eigenvalue weighted by molar-refractivity contribution is 9.10. The number of hydrogen-bond donors (Lipinski definition) is 1. The highest BCUT2D eigenvalue weighted by atomic mass is 79.9. The minimum Gasteiger partial charge on any atom is -0.437 e. The molecule has 3 rings (SSSR count). The number of rotatable bonds is 3. The van der Waals surface area contributed by atoms with E-state index in [1.807, 2.05) is 12.1 Å². The lowest BCUT2D eigenvalue weighted by Crippen LogP contribution is -2.12. The summed E-state index contributed by atoms with van der Waals surface area (Å²) in [6.45, 7) is 0. The maximum Gasteiger partial charge on any atom is 0.249 e. The van der Waals surface area contributed by atoms with E-state index in [1.54, 1.807) is 30.6 Å². The standard InChI is InChI=1S/C15H10BrN3O2/c16-9-5-10(8-18-7-9)21-14-6-12(15(17)20)11-3-1-2-4-13(11)19-14/h1-8H,(H2,17,20). The van der Waals surface area contributed by atoms with Crippen molar-refractivity contribution in [3.63, 3.8) is 0 Å². The van der Waals surface area contributed by atoms with Gasteiger partial charge in [-0.15, -0.1) is 0 Å². The SMILES string of the molecule is NC(=O)c1cc(Oc2cncc(Br)c2)nc2ccccc12. The molecule has 1 amide bonds. The summed E-state index contributed by atoms with van der Waals surface area (Å²) in [7, 11) is 0. The molecule has 0 aliphatic rings. The number of nitrogens with two attached hydrogens (primary N) is 1. The second-order valence-electron chi connectivity index (χ2n) is 4.33. The van der Waals surface area contributed by atoms with Gasteiger partial charge in [0, 0.05) is 22.1 Å². The number of para-hydroxylation sites is 1. The minimum absolute atomic E-state index is 0.294. The number of primary amides is 1. The predicted octanol–water partition coefficient (Wildman–Crippen LogP) is 3.28. The number of amides is 1. The van der Waals surface area contributed by atoms with Crippen molar-refractivity contribution in [3.8, 4) is 11.6 Å². The van der Waals surface area contributed by atoms with Gasteiger partial charge >= 0.3 is 0 Å². The van der Waals surface area contributed by atoms with Gasteiger partial charge in [0.15, 0.2) is 0 Å². The van der Waals surface area contributed by atoms with Crippen LogP contribution in [-0.2, 0) is 0 Å². The summed E-state index contributed by atoms with van der Waals surface area (Å²) in [5.41, 5.74) is 6.44. The van der Waals surface area contributed by atoms with Crippen molar-refractivity contribution in [2.24, 2.45) is 5.73 Å². The lowest BCUT2D eigenvalue weighted by Gasteiger charge is -2.08. The Bertz CT molecular complexity index is 836. The van der Waals surface area contributed by atoms with Crippen molar-refractivity contribution in [1.82, 2.24) is 9.97 Å². The minimum atomic E-state index is -0.522. The molecule has 5 nitrogen and oxygen atoms in total. The van der Waals surface area contributed by atoms with Crippen molar-refractivity contribution in [2.75, 3.05) is 0 Å². The largest absolute Gasteiger partial charge is 0.437 e. The molecule has 0 saturated carbocycles. The van der Waals surface area contributed by atoms with Crippen molar-refractivity contribution in [2.45, 2.75) is 0 Å². The predicted molar refractivity (Wildman–Crippen MR) is 82.3 cm³/mol. The molecule has 0 bridgehead atoms. The van der Waals surface area contributed by atoms with Crippen LogP contribution < -0.4 is 10.5 Å². The van der Waals surface area contributed by atoms with E-state index in [4.69, 9.17) is 10.5 Å². The molecular formula is C15H10BrN3O2. The molecule has 0 fully saturated rings. The van der Waals surface area contributed by atoms with Crippen LogP contribution in [0.3, 0.4) is 0 Å². The van der Waals surface area contributed by atoms with Crippen LogP contribution in [0.5, 0.6) is 11.6 Å². The van der Waals surface area contributed by atoms with Gasteiger partial charge in [-0.2, -0.15) is 0 Å². The van der Waals surface area contributed by atoms with Gasteiger partial charge in [0.25, 0.3) is 0 Å². The number of nitrogens with zero attached hydrogens (tertiary/aromatic N) is 2. The third-order valence-electron chi connectivity index (χ3n) is 2.86. The van der Waals surface area contributed by atoms with Crippen molar-refractivity contribution in [3.05, 3.63) is 58.8 Å². The zero-order valence-corrected chi connectivity index (χ0v) is 12.4. The molecule has 2 N–H and O–H groups in total. The molecule has 0 aliphatic heterocycles. The zero-order valence-electron chi connectivity index (χ0n) is 10.8. The molecule has 0 saturated heterocycles. The van der Waals surface area contributed by atoms with E-state index in [9.17, 15) is 4.79 Å². The van der Waals surface area contributed by atoms with Gasteiger partial charge in [-0.05, 0) is 28.1 Å². The van der Waals surface area contributed by atoms with Crippen LogP contribution in [0.2, 0.25) is 0 Å². The molecule has 0 radical (unpaired) electrons. The second-order valence-corrected chi connectivity index (χ2v) is 5.25. The maximum absolute atomic E-state index is 11.6. The average Bonchev–Trinajstić information content (AvgIpc) is 2.46. The van der Waals surface area contributed by atoms with Crippen LogP contribution >= 0.6 is 15.9 Å². The first-order valence-corrected chi connectivity index (χ1v) is 6.91. The number of carbonyl (C=O) groups is 1. The summed E-state index contributed by atoms with van der Waals surface area (Å²) < 4.78 is 6.43. The summed E-state index contributed by atoms with van der Waals surface area (Å²) in [6, 6.07) is 10.6. The summed E-state index contributed by atoms with van der Waals surface area (Å²) in [5, 5.41) is 0.699. The van der Waals surface area contributed by atoms with E-state index in [-0.39, 0.29) is 0 Å². The number of pyridine rings is 2. The van der Waals surface area contributed by atoms with Crippen molar-refractivity contribution in [1.29, 1.82) is 0 Å². The topological polar surface area (TPSA) is 78.1 Å². The van der Waals surface area contributed by atoms with Crippen molar-refractivity contribution >= 4 is 32.7 Å². The monoisotopic (exact) mass is 343 g/mol. The average molecular weight is 344 g/mol. The van der Waals surface area contributed by atoms with Gasteiger partial charge in [-0.25, -0.2) is 4.98 Å². The molecule has 3 aromatic rings. The van der Waals surface area contributed by atoms with Gasteiger partial charge in [-0.1, -0.05) is 18.2 Å². The van der Waals surface area contributed by atoms with Crippen LogP contribution in [0, 0.1) is 0 Å². The first-order chi connectivity index (χ1) is 10.1. The van der Waals surface area contributed by atoms with E-state index in [1.165, 1.54) is 6.07 Å². The van der Waals surface area contributed by atoms with Gasteiger partial charge < -0.3 is 10.5 Å². The van der Waals surface area contributed by atoms with Crippen LogP contribution in [-0.4, -0.2) is 15.9 Å². The fraction of sp³-hybridized carbons (Fsp3) is 0. The first kappa shape index (κ1) is 13.5. The Morgan fingerprint density at radius 2 is 2.00 bits per heavy atom. The molecule has 0 unspecified atom stereocenters. The molecule has 2 heterocycles. The van der Waals surface area contributed by atoms with Crippen LogP contribution in [0.4, 0.5) is 0 Å². The molecule has 104 valence electrons. The molecule has 0 spiro atoms. The van der Waals surface area contributed by atoms with Crippen LogP contribution in [0.15, 0.2) is 53.3 Å². The van der Waals surface area contributed by atoms with Gasteiger partial charge in [0.05, 0.1) is 17.3 Å². The highest BCUT2D eigenvalue weighted by Crippen LogP contribution is 2.26. The number of aromatic nitrogens is 2. The Balaban J connectivity index is 2.09. The second kappa shape index (κ2) is 5.49. The molecule has 21 heavy (non-hydrogen) atoms. The van der Waals surface area contributed by atoms with E-state index in [0.29, 0.717) is 28.1 Å². The highest BCUT2D eigenvalue weighted by Gasteiger charge is 2.11. The summed E-state index contributed by atoms with van der Waals surface area (Å²) >= 11 is 3.32. The number of hydrogen-bond acceptors (Lipinski definition) is 4. The lowest BCUT2D eigenvalue weighted by atomic mass is 10.1. The molecule has 6 heteroatoms. The Kier molecular flexibility index (Phi) is 3.53. The summed E-state index contributed by atoms with van der Waals surface area (Å²) in [4.78, 5) is 20.0. The fourth-order valence-corrected chi connectivity index (χ4v) is 2.32. The Morgan fingerprint density at radius 3 is 2.76 bits per heavy atom. The van der Waals surface area contributed by atoms with E-state index in [0.717, 1.165) is 4.47 Å². The van der Waals surface area contributed by atoms with Crippen molar-refractivity contribution < 1.29 is 9.53 Å². The number of halogens is 1. The first-order valence-electron chi connectivity index (χ1n) is 6.11. The molecular weight excluding hydrogens is 334 g/mol. The number of ether oxygens (including phenoxy) is 1. The van der Waals surface area contributed by atoms with E-state index >= 15 is 0 Å². The third-order valence-corrected chi connectivity index (χ3v) is 3.29. The number of benzene rings is 1. The fourth-order valence-electron chi connectivity index (χ4n) is 1.98. The number of fused-ring (bicyclic) bond motifs is 1. The zero-order chi connectivity index (χ0) is 14.8. The molecule has 2 aromatic heterocycles. The van der Waals surface area contributed by atoms with Crippen LogP contribution in [0.25, 0.3) is 10.9 Å². The Hall–Kier alpha value is -2.47. The summed E-state index contributed by atoms with van der Waals surface area (Å²) in [5.74, 6) is 0.288. The third kappa shape index (κ3) is 2.85. The van der Waals surface area contributed by atoms with Gasteiger partial charge in [0.2, 0.25) is 11.8 Å². The Labute approximate surface area is 128 Å². The normalized spacial score (nSPS) is 10.5. The lowest BCUT2D eigenvalue weighted by molar-refractivity contribution is 0.100. The molecule has 0 aliphatic carbocycles. The smallest absolute Gasteiger partial charge is 0.249 e. The maximum atomic E-state index is 11.6. The van der Waals surface area contributed by atoms with Gasteiger partial charge in [-0.3, -0.25) is 9.78 Å². The molecule has 1 aromatic carbocycles. The van der Waals surface area contributed by atoms with E-state index < -0.39 is 5.91 Å². The van der Waals surface area contributed by atoms with E-state index in [2.05, 4.69) is 25.9 Å². The summed E-state index contributed by atoms with van der Waals surface area (Å²) in [6.07, 6.45) is 3.21. The number of carbonyl (C=O) groups excluding carboxylic acids is 1. The van der Waals surface area contributed by atoms with Gasteiger partial charge in [0.1, 0.15) is 5.75 Å².